The van der Waals surface area contributed by atoms with E-state index < -0.39 is 23.5 Å². The molecule has 1 amide bonds. The normalized spacial score (nSPS) is 14.1. The Morgan fingerprint density at radius 1 is 1.35 bits per heavy atom. The van der Waals surface area contributed by atoms with E-state index in [2.05, 4.69) is 0 Å². The van der Waals surface area contributed by atoms with E-state index >= 15 is 0 Å². The van der Waals surface area contributed by atoms with Gasteiger partial charge in [-0.15, -0.1) is 0 Å². The maximum atomic E-state index is 13.0. The van der Waals surface area contributed by atoms with E-state index in [-0.39, 0.29) is 24.2 Å². The van der Waals surface area contributed by atoms with Gasteiger partial charge in [0.1, 0.15) is 5.82 Å². The Bertz CT molecular complexity index is 526. The lowest BCUT2D eigenvalue weighted by atomic mass is 10.1. The van der Waals surface area contributed by atoms with Crippen LogP contribution in [0.4, 0.5) is 10.1 Å². The molecule has 5 nitrogen and oxygen atoms in total. The SMILES string of the molecule is O=C(O)CCN1C(=O)C(=O)c2ccc(F)cc21. The Labute approximate surface area is 95.5 Å². The number of aliphatic carboxylic acids is 1. The van der Waals surface area contributed by atoms with Crippen molar-refractivity contribution in [3.05, 3.63) is 29.6 Å². The second-order valence-corrected chi connectivity index (χ2v) is 3.59. The van der Waals surface area contributed by atoms with Crippen LogP contribution in [0.25, 0.3) is 0 Å². The number of benzene rings is 1. The zero-order valence-electron chi connectivity index (χ0n) is 8.64. The van der Waals surface area contributed by atoms with E-state index in [1.807, 2.05) is 0 Å². The molecule has 88 valence electrons. The standard InChI is InChI=1S/C11H8FNO4/c12-6-1-2-7-8(5-6)13(4-3-9(14)15)11(17)10(7)16/h1-2,5H,3-4H2,(H,14,15). The summed E-state index contributed by atoms with van der Waals surface area (Å²) in [5, 5.41) is 8.53. The van der Waals surface area contributed by atoms with Gasteiger partial charge in [-0.25, -0.2) is 4.39 Å². The summed E-state index contributed by atoms with van der Waals surface area (Å²) in [5.41, 5.74) is 0.253. The average molecular weight is 237 g/mol. The first-order valence-electron chi connectivity index (χ1n) is 4.88. The molecule has 0 bridgehead atoms. The van der Waals surface area contributed by atoms with E-state index in [1.165, 1.54) is 6.07 Å². The number of amides is 1. The van der Waals surface area contributed by atoms with Gasteiger partial charge in [-0.3, -0.25) is 14.4 Å². The zero-order valence-corrected chi connectivity index (χ0v) is 8.64. The molecule has 0 unspecified atom stereocenters. The minimum Gasteiger partial charge on any atom is -0.481 e. The first-order valence-corrected chi connectivity index (χ1v) is 4.88. The molecule has 0 spiro atoms. The molecule has 0 aliphatic carbocycles. The third kappa shape index (κ3) is 1.89. The van der Waals surface area contributed by atoms with E-state index in [0.717, 1.165) is 17.0 Å². The highest BCUT2D eigenvalue weighted by Gasteiger charge is 2.35. The van der Waals surface area contributed by atoms with Crippen molar-refractivity contribution < 1.29 is 23.9 Å². The highest BCUT2D eigenvalue weighted by molar-refractivity contribution is 6.52. The predicted molar refractivity (Wildman–Crippen MR) is 55.3 cm³/mol. The van der Waals surface area contributed by atoms with Crippen LogP contribution in [0.5, 0.6) is 0 Å². The Hall–Kier alpha value is -2.24. The fourth-order valence-electron chi connectivity index (χ4n) is 1.70. The lowest BCUT2D eigenvalue weighted by molar-refractivity contribution is -0.136. The molecule has 1 aromatic carbocycles. The van der Waals surface area contributed by atoms with Gasteiger partial charge >= 0.3 is 5.97 Å². The summed E-state index contributed by atoms with van der Waals surface area (Å²) in [6, 6.07) is 3.37. The third-order valence-electron chi connectivity index (χ3n) is 2.48. The Morgan fingerprint density at radius 2 is 2.06 bits per heavy atom. The van der Waals surface area contributed by atoms with Gasteiger partial charge in [0.25, 0.3) is 11.7 Å². The molecule has 0 aromatic heterocycles. The smallest absolute Gasteiger partial charge is 0.305 e. The number of carboxylic acid groups (broad SMARTS) is 1. The number of Topliss-reactive ketones (excluding diaryl/α,β-unsaturated/α-hetero) is 1. The Morgan fingerprint density at radius 3 is 2.71 bits per heavy atom. The van der Waals surface area contributed by atoms with E-state index in [9.17, 15) is 18.8 Å². The van der Waals surface area contributed by atoms with Gasteiger partial charge < -0.3 is 10.0 Å². The fraction of sp³-hybridized carbons (Fsp3) is 0.182. The average Bonchev–Trinajstić information content (AvgIpc) is 2.49. The van der Waals surface area contributed by atoms with Crippen LogP contribution in [-0.4, -0.2) is 29.3 Å². The summed E-state index contributed by atoms with van der Waals surface area (Å²) in [7, 11) is 0. The van der Waals surface area contributed by atoms with Crippen molar-refractivity contribution in [2.45, 2.75) is 6.42 Å². The molecule has 0 atom stereocenters. The monoisotopic (exact) mass is 237 g/mol. The molecule has 0 saturated heterocycles. The molecule has 1 aliphatic rings. The van der Waals surface area contributed by atoms with Gasteiger partial charge in [-0.05, 0) is 18.2 Å². The van der Waals surface area contributed by atoms with Crippen molar-refractivity contribution in [1.29, 1.82) is 0 Å². The van der Waals surface area contributed by atoms with Crippen molar-refractivity contribution in [3.63, 3.8) is 0 Å². The van der Waals surface area contributed by atoms with Crippen LogP contribution in [0.2, 0.25) is 0 Å². The van der Waals surface area contributed by atoms with E-state index in [4.69, 9.17) is 5.11 Å². The van der Waals surface area contributed by atoms with Crippen LogP contribution >= 0.6 is 0 Å². The van der Waals surface area contributed by atoms with Crippen LogP contribution in [-0.2, 0) is 9.59 Å². The number of halogens is 1. The van der Waals surface area contributed by atoms with E-state index in [0.29, 0.717) is 0 Å². The van der Waals surface area contributed by atoms with Crippen LogP contribution in [0, 0.1) is 5.82 Å². The number of carbonyl (C=O) groups excluding carboxylic acids is 2. The van der Waals surface area contributed by atoms with Gasteiger partial charge in [0.15, 0.2) is 0 Å². The van der Waals surface area contributed by atoms with Crippen LogP contribution in [0.1, 0.15) is 16.8 Å². The predicted octanol–water partition coefficient (Wildman–Crippen LogP) is 0.830. The molecule has 0 saturated carbocycles. The molecule has 1 aromatic rings. The minimum atomic E-state index is -1.09. The lowest BCUT2D eigenvalue weighted by Gasteiger charge is -2.14. The number of fused-ring (bicyclic) bond motifs is 1. The Balaban J connectivity index is 2.36. The van der Waals surface area contributed by atoms with Crippen molar-refractivity contribution >= 4 is 23.3 Å². The van der Waals surface area contributed by atoms with E-state index in [1.54, 1.807) is 0 Å². The van der Waals surface area contributed by atoms with Crippen LogP contribution < -0.4 is 4.90 Å². The molecule has 1 N–H and O–H groups in total. The third-order valence-corrected chi connectivity index (χ3v) is 2.48. The largest absolute Gasteiger partial charge is 0.481 e. The number of carbonyl (C=O) groups is 3. The van der Waals surface area contributed by atoms with Crippen LogP contribution in [0.15, 0.2) is 18.2 Å². The highest BCUT2D eigenvalue weighted by Crippen LogP contribution is 2.29. The van der Waals surface area contributed by atoms with Crippen molar-refractivity contribution in [2.24, 2.45) is 0 Å². The van der Waals surface area contributed by atoms with Gasteiger partial charge in [0.2, 0.25) is 0 Å². The summed E-state index contributed by atoms with van der Waals surface area (Å²) < 4.78 is 13.0. The number of anilines is 1. The quantitative estimate of drug-likeness (QED) is 0.790. The topological polar surface area (TPSA) is 74.7 Å². The minimum absolute atomic E-state index is 0.113. The number of ketones is 1. The molecule has 0 radical (unpaired) electrons. The fourth-order valence-corrected chi connectivity index (χ4v) is 1.70. The summed E-state index contributed by atoms with van der Waals surface area (Å²) in [6.45, 7) is -0.143. The Kier molecular flexibility index (Phi) is 2.63. The van der Waals surface area contributed by atoms with Crippen molar-refractivity contribution in [1.82, 2.24) is 0 Å². The highest BCUT2D eigenvalue weighted by atomic mass is 19.1. The lowest BCUT2D eigenvalue weighted by Crippen LogP contribution is -2.31. The number of rotatable bonds is 3. The van der Waals surface area contributed by atoms with Gasteiger partial charge in [-0.2, -0.15) is 0 Å². The number of hydrogen-bond donors (Lipinski definition) is 1. The molecule has 0 fully saturated rings. The molecule has 2 rings (SSSR count). The maximum Gasteiger partial charge on any atom is 0.305 e. The molecular weight excluding hydrogens is 229 g/mol. The van der Waals surface area contributed by atoms with Gasteiger partial charge in [0.05, 0.1) is 17.7 Å². The zero-order chi connectivity index (χ0) is 12.6. The summed E-state index contributed by atoms with van der Waals surface area (Å²) in [5.74, 6) is -3.21. The molecule has 17 heavy (non-hydrogen) atoms. The van der Waals surface area contributed by atoms with Crippen molar-refractivity contribution in [3.8, 4) is 0 Å². The van der Waals surface area contributed by atoms with Crippen molar-refractivity contribution in [2.75, 3.05) is 11.4 Å². The summed E-state index contributed by atoms with van der Waals surface area (Å²) in [4.78, 5) is 34.5. The summed E-state index contributed by atoms with van der Waals surface area (Å²) in [6.07, 6.45) is -0.297. The number of nitrogens with zero attached hydrogens (tertiary/aromatic N) is 1. The molecule has 1 aliphatic heterocycles. The maximum absolute atomic E-state index is 13.0. The number of hydrogen-bond acceptors (Lipinski definition) is 3. The second-order valence-electron chi connectivity index (χ2n) is 3.59. The first kappa shape index (κ1) is 11.3. The summed E-state index contributed by atoms with van der Waals surface area (Å²) >= 11 is 0. The molecule has 6 heteroatoms. The van der Waals surface area contributed by atoms with Gasteiger partial charge in [0, 0.05) is 6.54 Å². The molecule has 1 heterocycles. The van der Waals surface area contributed by atoms with Crippen LogP contribution in [0.3, 0.4) is 0 Å². The first-order chi connectivity index (χ1) is 8.00. The second kappa shape index (κ2) is 3.97. The number of carboxylic acids is 1. The molecular formula is C11H8FNO4. The van der Waals surface area contributed by atoms with Gasteiger partial charge in [-0.1, -0.05) is 0 Å².